The average Bonchev–Trinajstić information content (AvgIpc) is 2.36. The Hall–Kier alpha value is -0.610. The van der Waals surface area contributed by atoms with Crippen LogP contribution in [0.3, 0.4) is 0 Å². The summed E-state index contributed by atoms with van der Waals surface area (Å²) in [4.78, 5) is 14.2. The van der Waals surface area contributed by atoms with E-state index in [1.807, 2.05) is 6.92 Å². The molecule has 0 heterocycles. The number of nitrogens with zero attached hydrogens (tertiary/aromatic N) is 1. The SMILES string of the molecule is CCNC(=O)CC(CN)N(CCC(C)C)CCC(C)C. The third-order valence-electron chi connectivity index (χ3n) is 3.57. The summed E-state index contributed by atoms with van der Waals surface area (Å²) in [5.74, 6) is 1.47. The molecule has 0 rings (SSSR count). The van der Waals surface area contributed by atoms with Crippen LogP contribution in [-0.4, -0.2) is 43.0 Å². The molecule has 3 N–H and O–H groups in total. The van der Waals surface area contributed by atoms with E-state index in [0.717, 1.165) is 25.9 Å². The Balaban J connectivity index is 4.52. The molecule has 0 fully saturated rings. The summed E-state index contributed by atoms with van der Waals surface area (Å²) in [5, 5.41) is 2.87. The van der Waals surface area contributed by atoms with Gasteiger partial charge in [-0.3, -0.25) is 9.69 Å². The molecular weight excluding hydrogens is 250 g/mol. The normalized spacial score (nSPS) is 13.2. The van der Waals surface area contributed by atoms with Crippen LogP contribution in [0.4, 0.5) is 0 Å². The molecule has 0 aliphatic carbocycles. The number of amides is 1. The summed E-state index contributed by atoms with van der Waals surface area (Å²) in [6, 6.07) is 0.166. The van der Waals surface area contributed by atoms with Gasteiger partial charge in [-0.1, -0.05) is 27.7 Å². The summed E-state index contributed by atoms with van der Waals surface area (Å²) >= 11 is 0. The fourth-order valence-corrected chi connectivity index (χ4v) is 2.17. The molecule has 1 amide bonds. The third kappa shape index (κ3) is 9.32. The van der Waals surface area contributed by atoms with Crippen LogP contribution >= 0.6 is 0 Å². The van der Waals surface area contributed by atoms with Crippen molar-refractivity contribution in [1.82, 2.24) is 10.2 Å². The first-order valence-electron chi connectivity index (χ1n) is 8.11. The number of nitrogens with one attached hydrogen (secondary N) is 1. The highest BCUT2D eigenvalue weighted by Gasteiger charge is 2.20. The van der Waals surface area contributed by atoms with Crippen molar-refractivity contribution < 1.29 is 4.79 Å². The van der Waals surface area contributed by atoms with Crippen LogP contribution in [0.5, 0.6) is 0 Å². The van der Waals surface area contributed by atoms with Gasteiger partial charge in [0.05, 0.1) is 0 Å². The van der Waals surface area contributed by atoms with Gasteiger partial charge in [0.25, 0.3) is 0 Å². The Bertz CT molecular complexity index is 242. The number of rotatable bonds is 11. The number of carbonyl (C=O) groups is 1. The molecule has 0 radical (unpaired) electrons. The van der Waals surface area contributed by atoms with E-state index in [2.05, 4.69) is 37.9 Å². The van der Waals surface area contributed by atoms with Crippen LogP contribution in [0.15, 0.2) is 0 Å². The molecule has 4 nitrogen and oxygen atoms in total. The fourth-order valence-electron chi connectivity index (χ4n) is 2.17. The van der Waals surface area contributed by atoms with Crippen LogP contribution < -0.4 is 11.1 Å². The van der Waals surface area contributed by atoms with E-state index in [4.69, 9.17) is 5.73 Å². The van der Waals surface area contributed by atoms with Crippen molar-refractivity contribution in [1.29, 1.82) is 0 Å². The number of nitrogens with two attached hydrogens (primary N) is 1. The molecule has 0 aliphatic rings. The summed E-state index contributed by atoms with van der Waals surface area (Å²) in [6.45, 7) is 14.2. The molecule has 0 saturated carbocycles. The largest absolute Gasteiger partial charge is 0.356 e. The summed E-state index contributed by atoms with van der Waals surface area (Å²) in [7, 11) is 0. The maximum absolute atomic E-state index is 11.8. The van der Waals surface area contributed by atoms with Gasteiger partial charge in [0, 0.05) is 25.6 Å². The molecule has 0 aromatic carbocycles. The summed E-state index contributed by atoms with van der Waals surface area (Å²) < 4.78 is 0. The van der Waals surface area contributed by atoms with Gasteiger partial charge in [-0.25, -0.2) is 0 Å². The zero-order valence-electron chi connectivity index (χ0n) is 14.1. The zero-order valence-corrected chi connectivity index (χ0v) is 14.1. The maximum Gasteiger partial charge on any atom is 0.221 e. The van der Waals surface area contributed by atoms with Gasteiger partial charge in [-0.05, 0) is 44.7 Å². The second-order valence-electron chi connectivity index (χ2n) is 6.45. The zero-order chi connectivity index (χ0) is 15.5. The maximum atomic E-state index is 11.8. The molecule has 1 atom stereocenters. The topological polar surface area (TPSA) is 58.4 Å². The van der Waals surface area contributed by atoms with Crippen LogP contribution in [0.1, 0.15) is 53.9 Å². The monoisotopic (exact) mass is 285 g/mol. The standard InChI is InChI=1S/C16H35N3O/c1-6-18-16(20)11-15(12-17)19(9-7-13(2)3)10-8-14(4)5/h13-15H,6-12,17H2,1-5H3,(H,18,20). The molecule has 20 heavy (non-hydrogen) atoms. The van der Waals surface area contributed by atoms with Crippen molar-refractivity contribution in [2.75, 3.05) is 26.2 Å². The van der Waals surface area contributed by atoms with Crippen molar-refractivity contribution >= 4 is 5.91 Å². The van der Waals surface area contributed by atoms with Gasteiger partial charge in [-0.2, -0.15) is 0 Å². The van der Waals surface area contributed by atoms with Crippen molar-refractivity contribution in [2.45, 2.75) is 59.9 Å². The second kappa shape index (κ2) is 11.1. The number of carbonyl (C=O) groups excluding carboxylic acids is 1. The van der Waals surface area contributed by atoms with Crippen LogP contribution in [0.2, 0.25) is 0 Å². The molecule has 0 saturated heterocycles. The molecule has 4 heteroatoms. The van der Waals surface area contributed by atoms with E-state index in [1.165, 1.54) is 0 Å². The molecule has 0 bridgehead atoms. The lowest BCUT2D eigenvalue weighted by Gasteiger charge is -2.31. The average molecular weight is 285 g/mol. The van der Waals surface area contributed by atoms with Crippen molar-refractivity contribution in [2.24, 2.45) is 17.6 Å². The first-order chi connectivity index (χ1) is 9.40. The van der Waals surface area contributed by atoms with Gasteiger partial charge in [0.15, 0.2) is 0 Å². The van der Waals surface area contributed by atoms with Gasteiger partial charge in [-0.15, -0.1) is 0 Å². The van der Waals surface area contributed by atoms with E-state index >= 15 is 0 Å². The smallest absolute Gasteiger partial charge is 0.221 e. The second-order valence-corrected chi connectivity index (χ2v) is 6.45. The van der Waals surface area contributed by atoms with E-state index in [-0.39, 0.29) is 11.9 Å². The molecule has 0 aromatic rings. The van der Waals surface area contributed by atoms with Gasteiger partial charge in [0.2, 0.25) is 5.91 Å². The van der Waals surface area contributed by atoms with Gasteiger partial charge < -0.3 is 11.1 Å². The van der Waals surface area contributed by atoms with Crippen LogP contribution in [-0.2, 0) is 4.79 Å². The Kier molecular flexibility index (Phi) is 10.8. The van der Waals surface area contributed by atoms with Crippen molar-refractivity contribution in [3.63, 3.8) is 0 Å². The molecule has 0 aromatic heterocycles. The highest BCUT2D eigenvalue weighted by molar-refractivity contribution is 5.76. The minimum Gasteiger partial charge on any atom is -0.356 e. The molecular formula is C16H35N3O. The number of hydrogen-bond acceptors (Lipinski definition) is 3. The lowest BCUT2D eigenvalue weighted by atomic mass is 10.1. The minimum atomic E-state index is 0.113. The lowest BCUT2D eigenvalue weighted by Crippen LogP contribution is -2.45. The van der Waals surface area contributed by atoms with Gasteiger partial charge in [0.1, 0.15) is 0 Å². The highest BCUT2D eigenvalue weighted by Crippen LogP contribution is 2.11. The lowest BCUT2D eigenvalue weighted by molar-refractivity contribution is -0.122. The highest BCUT2D eigenvalue weighted by atomic mass is 16.1. The van der Waals surface area contributed by atoms with Crippen molar-refractivity contribution in [3.8, 4) is 0 Å². The summed E-state index contributed by atoms with van der Waals surface area (Å²) in [5.41, 5.74) is 5.91. The first-order valence-corrected chi connectivity index (χ1v) is 8.11. The first kappa shape index (κ1) is 19.4. The van der Waals surface area contributed by atoms with Crippen LogP contribution in [0, 0.1) is 11.8 Å². The molecule has 1 unspecified atom stereocenters. The molecule has 0 aliphatic heterocycles. The van der Waals surface area contributed by atoms with E-state index < -0.39 is 0 Å². The third-order valence-corrected chi connectivity index (χ3v) is 3.57. The van der Waals surface area contributed by atoms with Crippen LogP contribution in [0.25, 0.3) is 0 Å². The Morgan fingerprint density at radius 3 is 1.95 bits per heavy atom. The minimum absolute atomic E-state index is 0.113. The molecule has 0 spiro atoms. The van der Waals surface area contributed by atoms with Crippen molar-refractivity contribution in [3.05, 3.63) is 0 Å². The van der Waals surface area contributed by atoms with Gasteiger partial charge >= 0.3 is 0 Å². The number of hydrogen-bond donors (Lipinski definition) is 2. The van der Waals surface area contributed by atoms with E-state index in [0.29, 0.717) is 31.3 Å². The van der Waals surface area contributed by atoms with E-state index in [1.54, 1.807) is 0 Å². The Morgan fingerprint density at radius 1 is 1.10 bits per heavy atom. The van der Waals surface area contributed by atoms with E-state index in [9.17, 15) is 4.79 Å². The fraction of sp³-hybridized carbons (Fsp3) is 0.938. The predicted octanol–water partition coefficient (Wildman–Crippen LogP) is 2.23. The Morgan fingerprint density at radius 2 is 1.60 bits per heavy atom. The molecule has 120 valence electrons. The predicted molar refractivity (Wildman–Crippen MR) is 86.6 cm³/mol. The quantitative estimate of drug-likeness (QED) is 0.612. The summed E-state index contributed by atoms with van der Waals surface area (Å²) in [6.07, 6.45) is 2.83. The Labute approximate surface area is 125 Å².